The molecule has 0 bridgehead atoms. The van der Waals surface area contributed by atoms with Crippen LogP contribution in [0.15, 0.2) is 48.5 Å². The Balaban J connectivity index is 1.67. The Labute approximate surface area is 156 Å². The zero-order chi connectivity index (χ0) is 18.9. The van der Waals surface area contributed by atoms with E-state index in [-0.39, 0.29) is 23.4 Å². The molecule has 0 saturated carbocycles. The molecule has 2 amide bonds. The number of nitrogens with one attached hydrogen (secondary N) is 4. The van der Waals surface area contributed by atoms with E-state index in [0.29, 0.717) is 12.1 Å². The molecule has 8 heteroatoms. The zero-order valence-corrected chi connectivity index (χ0v) is 15.0. The molecule has 0 saturated heterocycles. The fraction of sp³-hybridized carbons (Fsp3) is 0.167. The summed E-state index contributed by atoms with van der Waals surface area (Å²) in [7, 11) is 0. The van der Waals surface area contributed by atoms with Crippen molar-refractivity contribution in [2.75, 3.05) is 6.54 Å². The SMILES string of the molecule is Cc1cccc(C(=O)NCC(=O)NNC(=S)NCc2ccc(F)cc2)c1. The molecule has 0 unspecified atom stereocenters. The number of carbonyl (C=O) groups excluding carboxylic acids is 2. The molecule has 0 spiro atoms. The normalized spacial score (nSPS) is 9.92. The topological polar surface area (TPSA) is 82.3 Å². The first-order valence-electron chi connectivity index (χ1n) is 7.86. The molecular formula is C18H19FN4O2S. The van der Waals surface area contributed by atoms with E-state index in [1.807, 2.05) is 13.0 Å². The summed E-state index contributed by atoms with van der Waals surface area (Å²) < 4.78 is 12.8. The van der Waals surface area contributed by atoms with Gasteiger partial charge < -0.3 is 10.6 Å². The van der Waals surface area contributed by atoms with Crippen molar-refractivity contribution < 1.29 is 14.0 Å². The third-order valence-corrected chi connectivity index (χ3v) is 3.62. The largest absolute Gasteiger partial charge is 0.357 e. The van der Waals surface area contributed by atoms with Crippen LogP contribution in [-0.2, 0) is 11.3 Å². The van der Waals surface area contributed by atoms with Gasteiger partial charge in [-0.25, -0.2) is 4.39 Å². The highest BCUT2D eigenvalue weighted by atomic mass is 32.1. The van der Waals surface area contributed by atoms with Gasteiger partial charge in [0.2, 0.25) is 0 Å². The summed E-state index contributed by atoms with van der Waals surface area (Å²) >= 11 is 5.03. The molecule has 0 fully saturated rings. The fourth-order valence-corrected chi connectivity index (χ4v) is 2.17. The first-order valence-corrected chi connectivity index (χ1v) is 8.27. The highest BCUT2D eigenvalue weighted by molar-refractivity contribution is 7.80. The Hall–Kier alpha value is -3.00. The van der Waals surface area contributed by atoms with E-state index >= 15 is 0 Å². The van der Waals surface area contributed by atoms with Crippen LogP contribution in [0.5, 0.6) is 0 Å². The number of carbonyl (C=O) groups is 2. The number of amides is 2. The van der Waals surface area contributed by atoms with Crippen molar-refractivity contribution in [1.82, 2.24) is 21.5 Å². The van der Waals surface area contributed by atoms with E-state index in [1.165, 1.54) is 12.1 Å². The molecule has 0 aromatic heterocycles. The van der Waals surface area contributed by atoms with Crippen LogP contribution >= 0.6 is 12.2 Å². The molecule has 136 valence electrons. The molecule has 2 aromatic rings. The number of halogens is 1. The first-order chi connectivity index (χ1) is 12.4. The van der Waals surface area contributed by atoms with Crippen LogP contribution in [0.2, 0.25) is 0 Å². The Morgan fingerprint density at radius 3 is 2.46 bits per heavy atom. The molecular weight excluding hydrogens is 355 g/mol. The molecule has 0 radical (unpaired) electrons. The lowest BCUT2D eigenvalue weighted by Crippen LogP contribution is -2.49. The van der Waals surface area contributed by atoms with Crippen LogP contribution in [0.25, 0.3) is 0 Å². The maximum Gasteiger partial charge on any atom is 0.257 e. The third kappa shape index (κ3) is 6.48. The van der Waals surface area contributed by atoms with E-state index in [4.69, 9.17) is 12.2 Å². The minimum atomic E-state index is -0.447. The second kappa shape index (κ2) is 9.47. The number of rotatable bonds is 5. The summed E-state index contributed by atoms with van der Waals surface area (Å²) in [5.74, 6) is -1.09. The molecule has 4 N–H and O–H groups in total. The monoisotopic (exact) mass is 374 g/mol. The highest BCUT2D eigenvalue weighted by Crippen LogP contribution is 2.03. The molecule has 0 aliphatic heterocycles. The predicted octanol–water partition coefficient (Wildman–Crippen LogP) is 1.56. The van der Waals surface area contributed by atoms with Crippen molar-refractivity contribution in [2.24, 2.45) is 0 Å². The van der Waals surface area contributed by atoms with Crippen molar-refractivity contribution in [3.63, 3.8) is 0 Å². The van der Waals surface area contributed by atoms with Crippen LogP contribution < -0.4 is 21.5 Å². The van der Waals surface area contributed by atoms with Crippen LogP contribution in [0.1, 0.15) is 21.5 Å². The standard InChI is InChI=1S/C18H19FN4O2S/c1-12-3-2-4-14(9-12)17(25)20-11-16(24)22-23-18(26)21-10-13-5-7-15(19)8-6-13/h2-9H,10-11H2,1H3,(H,20,25)(H,22,24)(H2,21,23,26). The predicted molar refractivity (Wildman–Crippen MR) is 101 cm³/mol. The van der Waals surface area contributed by atoms with Gasteiger partial charge in [0.25, 0.3) is 11.8 Å². The molecule has 0 heterocycles. The van der Waals surface area contributed by atoms with Gasteiger partial charge in [-0.2, -0.15) is 0 Å². The molecule has 0 atom stereocenters. The van der Waals surface area contributed by atoms with Crippen molar-refractivity contribution in [1.29, 1.82) is 0 Å². The Kier molecular flexibility index (Phi) is 7.04. The lowest BCUT2D eigenvalue weighted by molar-refractivity contribution is -0.120. The summed E-state index contributed by atoms with van der Waals surface area (Å²) in [6.07, 6.45) is 0. The number of benzene rings is 2. The minimum absolute atomic E-state index is 0.194. The summed E-state index contributed by atoms with van der Waals surface area (Å²) in [5.41, 5.74) is 7.20. The third-order valence-electron chi connectivity index (χ3n) is 3.37. The van der Waals surface area contributed by atoms with Gasteiger partial charge in [-0.05, 0) is 49.0 Å². The smallest absolute Gasteiger partial charge is 0.257 e. The lowest BCUT2D eigenvalue weighted by atomic mass is 10.1. The van der Waals surface area contributed by atoms with Crippen LogP contribution in [0.3, 0.4) is 0 Å². The molecule has 2 rings (SSSR count). The first kappa shape index (κ1) is 19.3. The van der Waals surface area contributed by atoms with Gasteiger partial charge in [0.1, 0.15) is 5.82 Å². The lowest BCUT2D eigenvalue weighted by Gasteiger charge is -2.12. The van der Waals surface area contributed by atoms with Gasteiger partial charge >= 0.3 is 0 Å². The van der Waals surface area contributed by atoms with E-state index in [1.54, 1.807) is 30.3 Å². The van der Waals surface area contributed by atoms with Gasteiger partial charge in [-0.3, -0.25) is 20.4 Å². The number of hydrazine groups is 1. The minimum Gasteiger partial charge on any atom is -0.357 e. The maximum absolute atomic E-state index is 12.8. The van der Waals surface area contributed by atoms with E-state index in [2.05, 4.69) is 21.5 Å². The molecule has 0 aliphatic carbocycles. The molecule has 26 heavy (non-hydrogen) atoms. The van der Waals surface area contributed by atoms with Crippen molar-refractivity contribution in [2.45, 2.75) is 13.5 Å². The average molecular weight is 374 g/mol. The number of thiocarbonyl (C=S) groups is 1. The van der Waals surface area contributed by atoms with Crippen LogP contribution in [-0.4, -0.2) is 23.5 Å². The average Bonchev–Trinajstić information content (AvgIpc) is 2.64. The summed E-state index contributed by atoms with van der Waals surface area (Å²) in [5, 5.41) is 5.59. The van der Waals surface area contributed by atoms with Crippen molar-refractivity contribution >= 4 is 29.1 Å². The molecule has 0 aliphatic rings. The Morgan fingerprint density at radius 2 is 1.77 bits per heavy atom. The van der Waals surface area contributed by atoms with Crippen molar-refractivity contribution in [3.8, 4) is 0 Å². The van der Waals surface area contributed by atoms with E-state index in [0.717, 1.165) is 11.1 Å². The quantitative estimate of drug-likeness (QED) is 0.472. The van der Waals surface area contributed by atoms with Gasteiger partial charge in [0.15, 0.2) is 5.11 Å². The second-order valence-electron chi connectivity index (χ2n) is 5.53. The van der Waals surface area contributed by atoms with Crippen molar-refractivity contribution in [3.05, 3.63) is 71.0 Å². The number of hydrogen-bond acceptors (Lipinski definition) is 3. The summed E-state index contributed by atoms with van der Waals surface area (Å²) in [6, 6.07) is 13.0. The van der Waals surface area contributed by atoms with E-state index < -0.39 is 5.91 Å². The number of aryl methyl sites for hydroxylation is 1. The molecule has 6 nitrogen and oxygen atoms in total. The Morgan fingerprint density at radius 1 is 1.04 bits per heavy atom. The maximum atomic E-state index is 12.8. The number of hydrogen-bond donors (Lipinski definition) is 4. The van der Waals surface area contributed by atoms with Crippen LogP contribution in [0, 0.1) is 12.7 Å². The van der Waals surface area contributed by atoms with Crippen LogP contribution in [0.4, 0.5) is 4.39 Å². The van der Waals surface area contributed by atoms with E-state index in [9.17, 15) is 14.0 Å². The summed E-state index contributed by atoms with van der Waals surface area (Å²) in [4.78, 5) is 23.7. The highest BCUT2D eigenvalue weighted by Gasteiger charge is 2.08. The molecule has 2 aromatic carbocycles. The van der Waals surface area contributed by atoms with Gasteiger partial charge in [0, 0.05) is 12.1 Å². The zero-order valence-electron chi connectivity index (χ0n) is 14.1. The summed E-state index contributed by atoms with van der Waals surface area (Å²) in [6.45, 7) is 2.07. The van der Waals surface area contributed by atoms with Gasteiger partial charge in [0.05, 0.1) is 6.54 Å². The van der Waals surface area contributed by atoms with Gasteiger partial charge in [-0.15, -0.1) is 0 Å². The van der Waals surface area contributed by atoms with Gasteiger partial charge in [-0.1, -0.05) is 29.8 Å². The second-order valence-corrected chi connectivity index (χ2v) is 5.94. The Bertz CT molecular complexity index is 796. The fourth-order valence-electron chi connectivity index (χ4n) is 2.05.